The zero-order valence-electron chi connectivity index (χ0n) is 16.1. The molecule has 3 atom stereocenters. The second-order valence-corrected chi connectivity index (χ2v) is 6.44. The van der Waals surface area contributed by atoms with Gasteiger partial charge >= 0.3 is 6.09 Å². The van der Waals surface area contributed by atoms with E-state index in [1.165, 1.54) is 25.7 Å². The normalized spacial score (nSPS) is 15.0. The lowest BCUT2D eigenvalue weighted by Crippen LogP contribution is -2.44. The Labute approximate surface area is 144 Å². The Morgan fingerprint density at radius 2 is 1.61 bits per heavy atom. The van der Waals surface area contributed by atoms with E-state index < -0.39 is 0 Å². The standard InChI is InChI=1S/C19H40N2O2/c1-6-11-13-16(8-3)18(20-10-5)17(9-4)15-23-19(22)21-14-12-7-2/h16-18,20H,6-15H2,1-5H3,(H,21,22). The van der Waals surface area contributed by atoms with Gasteiger partial charge in [0.1, 0.15) is 0 Å². The van der Waals surface area contributed by atoms with Gasteiger partial charge in [0, 0.05) is 18.5 Å². The fourth-order valence-corrected chi connectivity index (χ4v) is 3.13. The molecule has 0 bridgehead atoms. The smallest absolute Gasteiger partial charge is 0.407 e. The molecule has 23 heavy (non-hydrogen) atoms. The van der Waals surface area contributed by atoms with Crippen LogP contribution in [-0.4, -0.2) is 31.8 Å². The maximum atomic E-state index is 11.8. The molecule has 1 amide bonds. The lowest BCUT2D eigenvalue weighted by Gasteiger charge is -2.33. The third-order valence-electron chi connectivity index (χ3n) is 4.66. The minimum Gasteiger partial charge on any atom is -0.449 e. The van der Waals surface area contributed by atoms with Gasteiger partial charge in [-0.2, -0.15) is 0 Å². The van der Waals surface area contributed by atoms with E-state index in [4.69, 9.17) is 4.74 Å². The number of hydrogen-bond acceptors (Lipinski definition) is 3. The molecule has 2 N–H and O–H groups in total. The quantitative estimate of drug-likeness (QED) is 0.453. The number of carbonyl (C=O) groups excluding carboxylic acids is 1. The van der Waals surface area contributed by atoms with E-state index in [9.17, 15) is 4.79 Å². The summed E-state index contributed by atoms with van der Waals surface area (Å²) in [6, 6.07) is 0.435. The van der Waals surface area contributed by atoms with Crippen molar-refractivity contribution in [2.75, 3.05) is 19.7 Å². The van der Waals surface area contributed by atoms with Gasteiger partial charge in [-0.3, -0.25) is 0 Å². The molecule has 0 heterocycles. The van der Waals surface area contributed by atoms with Gasteiger partial charge < -0.3 is 15.4 Å². The number of ether oxygens (including phenoxy) is 1. The number of carbonyl (C=O) groups is 1. The van der Waals surface area contributed by atoms with Gasteiger partial charge in [-0.15, -0.1) is 0 Å². The van der Waals surface area contributed by atoms with Crippen molar-refractivity contribution in [3.63, 3.8) is 0 Å². The van der Waals surface area contributed by atoms with E-state index in [1.807, 2.05) is 0 Å². The van der Waals surface area contributed by atoms with E-state index >= 15 is 0 Å². The Morgan fingerprint density at radius 1 is 0.957 bits per heavy atom. The molecule has 0 fully saturated rings. The first-order valence-corrected chi connectivity index (χ1v) is 9.78. The van der Waals surface area contributed by atoms with Crippen molar-refractivity contribution >= 4 is 6.09 Å². The number of nitrogens with one attached hydrogen (secondary N) is 2. The van der Waals surface area contributed by atoms with Crippen LogP contribution in [0.25, 0.3) is 0 Å². The molecule has 0 spiro atoms. The largest absolute Gasteiger partial charge is 0.449 e. The van der Waals surface area contributed by atoms with Gasteiger partial charge in [-0.1, -0.05) is 60.3 Å². The minimum atomic E-state index is -0.270. The number of alkyl carbamates (subject to hydrolysis) is 1. The van der Waals surface area contributed by atoms with Gasteiger partial charge in [-0.05, 0) is 31.7 Å². The molecule has 4 heteroatoms. The first kappa shape index (κ1) is 22.2. The van der Waals surface area contributed by atoms with Crippen LogP contribution >= 0.6 is 0 Å². The van der Waals surface area contributed by atoms with E-state index in [-0.39, 0.29) is 6.09 Å². The van der Waals surface area contributed by atoms with Crippen LogP contribution in [0.15, 0.2) is 0 Å². The van der Waals surface area contributed by atoms with Gasteiger partial charge in [0.15, 0.2) is 0 Å². The molecule has 0 aliphatic heterocycles. The molecule has 3 unspecified atom stereocenters. The molecule has 4 nitrogen and oxygen atoms in total. The summed E-state index contributed by atoms with van der Waals surface area (Å²) in [5, 5.41) is 6.49. The Kier molecular flexibility index (Phi) is 14.3. The Balaban J connectivity index is 4.53. The summed E-state index contributed by atoms with van der Waals surface area (Å²) in [7, 11) is 0. The van der Waals surface area contributed by atoms with Gasteiger partial charge in [-0.25, -0.2) is 4.79 Å². The summed E-state index contributed by atoms with van der Waals surface area (Å²) in [5.41, 5.74) is 0. The van der Waals surface area contributed by atoms with Crippen LogP contribution in [-0.2, 0) is 4.74 Å². The summed E-state index contributed by atoms with van der Waals surface area (Å²) < 4.78 is 5.48. The number of hydrogen-bond donors (Lipinski definition) is 2. The van der Waals surface area contributed by atoms with Crippen LogP contribution in [0.4, 0.5) is 4.79 Å². The second-order valence-electron chi connectivity index (χ2n) is 6.44. The summed E-state index contributed by atoms with van der Waals surface area (Å²) in [5.74, 6) is 1.04. The van der Waals surface area contributed by atoms with Gasteiger partial charge in [0.25, 0.3) is 0 Å². The van der Waals surface area contributed by atoms with Crippen molar-refractivity contribution in [2.24, 2.45) is 11.8 Å². The Morgan fingerprint density at radius 3 is 2.13 bits per heavy atom. The van der Waals surface area contributed by atoms with E-state index in [0.29, 0.717) is 31.0 Å². The predicted molar refractivity (Wildman–Crippen MR) is 98.8 cm³/mol. The van der Waals surface area contributed by atoms with Crippen molar-refractivity contribution in [3.05, 3.63) is 0 Å². The van der Waals surface area contributed by atoms with E-state index in [0.717, 1.165) is 25.8 Å². The van der Waals surface area contributed by atoms with Gasteiger partial charge in [0.2, 0.25) is 0 Å². The van der Waals surface area contributed by atoms with Crippen LogP contribution < -0.4 is 10.6 Å². The average Bonchev–Trinajstić information content (AvgIpc) is 2.56. The lowest BCUT2D eigenvalue weighted by molar-refractivity contribution is 0.101. The van der Waals surface area contributed by atoms with Crippen molar-refractivity contribution in [2.45, 2.75) is 85.6 Å². The van der Waals surface area contributed by atoms with E-state index in [1.54, 1.807) is 0 Å². The van der Waals surface area contributed by atoms with Crippen molar-refractivity contribution in [1.82, 2.24) is 10.6 Å². The average molecular weight is 329 g/mol. The molecular weight excluding hydrogens is 288 g/mol. The SMILES string of the molecule is CCCCNC(=O)OCC(CC)C(NCC)C(CC)CCCC. The van der Waals surface area contributed by atoms with Gasteiger partial charge in [0.05, 0.1) is 6.61 Å². The first-order valence-electron chi connectivity index (χ1n) is 9.78. The third-order valence-corrected chi connectivity index (χ3v) is 4.66. The highest BCUT2D eigenvalue weighted by atomic mass is 16.5. The van der Waals surface area contributed by atoms with E-state index in [2.05, 4.69) is 45.3 Å². The topological polar surface area (TPSA) is 50.4 Å². The first-order chi connectivity index (χ1) is 11.1. The highest BCUT2D eigenvalue weighted by Gasteiger charge is 2.27. The molecule has 0 saturated carbocycles. The fraction of sp³-hybridized carbons (Fsp3) is 0.947. The zero-order chi connectivity index (χ0) is 17.5. The fourth-order valence-electron chi connectivity index (χ4n) is 3.13. The molecule has 0 aliphatic rings. The van der Waals surface area contributed by atoms with Crippen LogP contribution in [0.1, 0.15) is 79.6 Å². The Bertz CT molecular complexity index is 285. The maximum absolute atomic E-state index is 11.8. The predicted octanol–water partition coefficient (Wildman–Crippen LogP) is 4.73. The number of rotatable bonds is 14. The van der Waals surface area contributed by atoms with Crippen LogP contribution in [0.5, 0.6) is 0 Å². The number of unbranched alkanes of at least 4 members (excludes halogenated alkanes) is 2. The molecule has 0 rings (SSSR count). The maximum Gasteiger partial charge on any atom is 0.407 e. The summed E-state index contributed by atoms with van der Waals surface area (Å²) in [4.78, 5) is 11.8. The van der Waals surface area contributed by atoms with Crippen LogP contribution in [0.3, 0.4) is 0 Å². The molecule has 0 aromatic rings. The highest BCUT2D eigenvalue weighted by Crippen LogP contribution is 2.25. The minimum absolute atomic E-state index is 0.270. The molecule has 0 aromatic carbocycles. The summed E-state index contributed by atoms with van der Waals surface area (Å²) >= 11 is 0. The molecule has 0 aliphatic carbocycles. The van der Waals surface area contributed by atoms with Crippen molar-refractivity contribution in [1.29, 1.82) is 0 Å². The van der Waals surface area contributed by atoms with Crippen LogP contribution in [0.2, 0.25) is 0 Å². The molecule has 0 aromatic heterocycles. The third kappa shape index (κ3) is 9.85. The Hall–Kier alpha value is -0.770. The highest BCUT2D eigenvalue weighted by molar-refractivity contribution is 5.67. The summed E-state index contributed by atoms with van der Waals surface area (Å²) in [6.07, 6.45) is 7.78. The zero-order valence-corrected chi connectivity index (χ0v) is 16.1. The second kappa shape index (κ2) is 14.8. The molecule has 0 saturated heterocycles. The summed E-state index contributed by atoms with van der Waals surface area (Å²) in [6.45, 7) is 13.2. The van der Waals surface area contributed by atoms with Crippen molar-refractivity contribution in [3.8, 4) is 0 Å². The lowest BCUT2D eigenvalue weighted by atomic mass is 9.82. The monoisotopic (exact) mass is 328 g/mol. The molecule has 0 radical (unpaired) electrons. The van der Waals surface area contributed by atoms with Crippen molar-refractivity contribution < 1.29 is 9.53 Å². The number of amides is 1. The van der Waals surface area contributed by atoms with Crippen LogP contribution in [0, 0.1) is 11.8 Å². The molecule has 138 valence electrons. The molecular formula is C19H40N2O2.